The summed E-state index contributed by atoms with van der Waals surface area (Å²) in [5.74, 6) is 0.695. The third kappa shape index (κ3) is 1.42. The highest BCUT2D eigenvalue weighted by Crippen LogP contribution is 2.06. The number of aryl methyl sites for hydroxylation is 1. The van der Waals surface area contributed by atoms with E-state index in [0.29, 0.717) is 5.75 Å². The van der Waals surface area contributed by atoms with E-state index in [1.807, 2.05) is 19.1 Å². The Bertz CT molecular complexity index is 181. The molecule has 0 fully saturated rings. The van der Waals surface area contributed by atoms with Gasteiger partial charge in [-0.3, -0.25) is 4.98 Å². The minimum absolute atomic E-state index is 0.695. The van der Waals surface area contributed by atoms with Crippen molar-refractivity contribution < 1.29 is 4.74 Å². The minimum Gasteiger partial charge on any atom is -0.488 e. The van der Waals surface area contributed by atoms with Gasteiger partial charge in [0.2, 0.25) is 0 Å². The maximum Gasteiger partial charge on any atom is 0.137 e. The van der Waals surface area contributed by atoms with Gasteiger partial charge in [0.1, 0.15) is 12.9 Å². The Kier molecular flexibility index (Phi) is 1.68. The average molecular weight is 122 g/mol. The quantitative estimate of drug-likeness (QED) is 0.564. The van der Waals surface area contributed by atoms with Crippen LogP contribution >= 0.6 is 0 Å². The van der Waals surface area contributed by atoms with Gasteiger partial charge in [0.05, 0.1) is 6.20 Å². The Balaban J connectivity index is 2.88. The fraction of sp³-hybridized carbons (Fsp3) is 0.143. The molecule has 47 valence electrons. The van der Waals surface area contributed by atoms with Gasteiger partial charge in [0, 0.05) is 5.69 Å². The minimum atomic E-state index is 0.695. The second-order valence-corrected chi connectivity index (χ2v) is 1.78. The first-order valence-electron chi connectivity index (χ1n) is 2.67. The molecule has 1 radical (unpaired) electrons. The number of hydrogen-bond donors (Lipinski definition) is 0. The molecule has 0 atom stereocenters. The normalized spacial score (nSPS) is 9.11. The highest BCUT2D eigenvalue weighted by atomic mass is 16.5. The zero-order chi connectivity index (χ0) is 6.69. The summed E-state index contributed by atoms with van der Waals surface area (Å²) >= 11 is 0. The number of hydrogen-bond acceptors (Lipinski definition) is 2. The predicted octanol–water partition coefficient (Wildman–Crippen LogP) is 1.56. The van der Waals surface area contributed by atoms with E-state index >= 15 is 0 Å². The largest absolute Gasteiger partial charge is 0.488 e. The first-order valence-corrected chi connectivity index (χ1v) is 2.67. The third-order valence-electron chi connectivity index (χ3n) is 1.05. The van der Waals surface area contributed by atoms with Gasteiger partial charge in [0.25, 0.3) is 0 Å². The maximum atomic E-state index is 4.66. The molecule has 0 saturated carbocycles. The summed E-state index contributed by atoms with van der Waals surface area (Å²) in [6.45, 7) is 1.92. The number of rotatable bonds is 1. The molecule has 1 aromatic heterocycles. The lowest BCUT2D eigenvalue weighted by Crippen LogP contribution is -1.82. The van der Waals surface area contributed by atoms with Crippen molar-refractivity contribution in [2.45, 2.75) is 6.92 Å². The highest BCUT2D eigenvalue weighted by Gasteiger charge is 1.87. The summed E-state index contributed by atoms with van der Waals surface area (Å²) < 4.78 is 4.66. The van der Waals surface area contributed by atoms with Gasteiger partial charge in [-0.2, -0.15) is 0 Å². The van der Waals surface area contributed by atoms with Crippen molar-refractivity contribution in [3.63, 3.8) is 0 Å². The van der Waals surface area contributed by atoms with E-state index in [2.05, 4.69) is 16.8 Å². The summed E-state index contributed by atoms with van der Waals surface area (Å²) in [5.41, 5.74) is 0.982. The lowest BCUT2D eigenvalue weighted by molar-refractivity contribution is 0.470. The zero-order valence-electron chi connectivity index (χ0n) is 5.29. The molecule has 1 heterocycles. The smallest absolute Gasteiger partial charge is 0.137 e. The molecule has 0 aliphatic rings. The van der Waals surface area contributed by atoms with Gasteiger partial charge in [-0.25, -0.2) is 0 Å². The van der Waals surface area contributed by atoms with Crippen LogP contribution in [0.5, 0.6) is 5.75 Å². The van der Waals surface area contributed by atoms with Crippen LogP contribution in [0.3, 0.4) is 0 Å². The summed E-state index contributed by atoms with van der Waals surface area (Å²) in [4.78, 5) is 3.98. The van der Waals surface area contributed by atoms with E-state index in [0.717, 1.165) is 5.69 Å². The molecule has 0 aliphatic carbocycles. The van der Waals surface area contributed by atoms with Crippen LogP contribution in [-0.2, 0) is 0 Å². The predicted molar refractivity (Wildman–Crippen MR) is 35.0 cm³/mol. The van der Waals surface area contributed by atoms with Crippen molar-refractivity contribution >= 4 is 0 Å². The van der Waals surface area contributed by atoms with Crippen LogP contribution in [0.15, 0.2) is 18.3 Å². The number of ether oxygens (including phenoxy) is 1. The molecule has 0 N–H and O–H groups in total. The van der Waals surface area contributed by atoms with Crippen molar-refractivity contribution in [1.29, 1.82) is 0 Å². The van der Waals surface area contributed by atoms with E-state index < -0.39 is 0 Å². The van der Waals surface area contributed by atoms with Crippen LogP contribution in [0.2, 0.25) is 0 Å². The summed E-state index contributed by atoms with van der Waals surface area (Å²) in [5, 5.41) is 0. The van der Waals surface area contributed by atoms with Gasteiger partial charge in [-0.15, -0.1) is 0 Å². The topological polar surface area (TPSA) is 22.1 Å². The van der Waals surface area contributed by atoms with Gasteiger partial charge >= 0.3 is 0 Å². The molecule has 2 nitrogen and oxygen atoms in total. The summed E-state index contributed by atoms with van der Waals surface area (Å²) in [6, 6.07) is 3.70. The Hall–Kier alpha value is -1.05. The first kappa shape index (κ1) is 6.08. The second-order valence-electron chi connectivity index (χ2n) is 1.78. The van der Waals surface area contributed by atoms with Crippen molar-refractivity contribution in [2.24, 2.45) is 0 Å². The summed E-state index contributed by atoms with van der Waals surface area (Å²) in [6.07, 6.45) is 1.64. The van der Waals surface area contributed by atoms with Crippen LogP contribution in [0.1, 0.15) is 5.69 Å². The molecule has 0 unspecified atom stereocenters. The number of pyridine rings is 1. The molecule has 9 heavy (non-hydrogen) atoms. The van der Waals surface area contributed by atoms with Gasteiger partial charge in [-0.1, -0.05) is 0 Å². The molecule has 0 saturated heterocycles. The van der Waals surface area contributed by atoms with E-state index in [4.69, 9.17) is 0 Å². The van der Waals surface area contributed by atoms with Crippen molar-refractivity contribution in [2.75, 3.05) is 0 Å². The number of nitrogens with zero attached hydrogens (tertiary/aromatic N) is 1. The van der Waals surface area contributed by atoms with Crippen LogP contribution in [0.25, 0.3) is 0 Å². The molecule has 0 aliphatic heterocycles. The Morgan fingerprint density at radius 3 is 2.78 bits per heavy atom. The lowest BCUT2D eigenvalue weighted by atomic mass is 10.4. The molecular weight excluding hydrogens is 114 g/mol. The molecule has 1 rings (SSSR count). The molecule has 0 amide bonds. The van der Waals surface area contributed by atoms with Gasteiger partial charge in [0.15, 0.2) is 0 Å². The molecular formula is C7H8NO. The first-order chi connectivity index (χ1) is 4.33. The Morgan fingerprint density at radius 2 is 2.33 bits per heavy atom. The molecule has 0 aromatic carbocycles. The van der Waals surface area contributed by atoms with Crippen molar-refractivity contribution in [3.8, 4) is 5.75 Å². The third-order valence-corrected chi connectivity index (χ3v) is 1.05. The molecule has 0 bridgehead atoms. The van der Waals surface area contributed by atoms with E-state index in [1.54, 1.807) is 6.20 Å². The standard InChI is InChI=1S/C7H8NO/c1-6-3-4-7(9-2)5-8-6/h3-5H,2H2,1H3. The fourth-order valence-corrected chi connectivity index (χ4v) is 0.540. The zero-order valence-corrected chi connectivity index (χ0v) is 5.29. The van der Waals surface area contributed by atoms with Crippen molar-refractivity contribution in [1.82, 2.24) is 4.98 Å². The average Bonchev–Trinajstić information content (AvgIpc) is 1.90. The monoisotopic (exact) mass is 122 g/mol. The lowest BCUT2D eigenvalue weighted by Gasteiger charge is -1.95. The molecule has 2 heteroatoms. The van der Waals surface area contributed by atoms with Gasteiger partial charge in [-0.05, 0) is 19.1 Å². The Morgan fingerprint density at radius 1 is 1.56 bits per heavy atom. The highest BCUT2D eigenvalue weighted by molar-refractivity contribution is 5.18. The Labute approximate surface area is 54.5 Å². The van der Waals surface area contributed by atoms with Crippen LogP contribution in [0, 0.1) is 14.0 Å². The fourth-order valence-electron chi connectivity index (χ4n) is 0.540. The van der Waals surface area contributed by atoms with Crippen LogP contribution in [-0.4, -0.2) is 4.98 Å². The van der Waals surface area contributed by atoms with Crippen molar-refractivity contribution in [3.05, 3.63) is 31.1 Å². The van der Waals surface area contributed by atoms with E-state index in [1.165, 1.54) is 0 Å². The molecule has 1 aromatic rings. The van der Waals surface area contributed by atoms with E-state index in [9.17, 15) is 0 Å². The van der Waals surface area contributed by atoms with Crippen LogP contribution < -0.4 is 4.74 Å². The number of aromatic nitrogens is 1. The summed E-state index contributed by atoms with van der Waals surface area (Å²) in [7, 11) is 3.25. The second kappa shape index (κ2) is 2.49. The van der Waals surface area contributed by atoms with Crippen LogP contribution in [0.4, 0.5) is 0 Å². The van der Waals surface area contributed by atoms with E-state index in [-0.39, 0.29) is 0 Å². The maximum absolute atomic E-state index is 4.66. The SMILES string of the molecule is [CH2]Oc1ccc(C)nc1. The van der Waals surface area contributed by atoms with Gasteiger partial charge < -0.3 is 4.74 Å². The molecule has 0 spiro atoms.